The molecular formula is C21H22N2O3. The maximum atomic E-state index is 12.8. The molecule has 0 radical (unpaired) electrons. The minimum absolute atomic E-state index is 0.0104. The number of aryl methyl sites for hydroxylation is 2. The number of carbonyl (C=O) groups excluding carboxylic acids is 1. The van der Waals surface area contributed by atoms with E-state index in [0.717, 1.165) is 35.1 Å². The van der Waals surface area contributed by atoms with E-state index >= 15 is 0 Å². The zero-order valence-corrected chi connectivity index (χ0v) is 15.2. The number of aromatic nitrogens is 1. The highest BCUT2D eigenvalue weighted by atomic mass is 16.5. The molecule has 1 unspecified atom stereocenters. The molecule has 1 atom stereocenters. The van der Waals surface area contributed by atoms with Crippen molar-refractivity contribution in [2.45, 2.75) is 18.9 Å². The number of hydrogen-bond donors (Lipinski definition) is 1. The third-order valence-corrected chi connectivity index (χ3v) is 5.18. The van der Waals surface area contributed by atoms with Gasteiger partial charge in [-0.15, -0.1) is 0 Å². The van der Waals surface area contributed by atoms with Crippen LogP contribution in [0.15, 0.2) is 42.6 Å². The lowest BCUT2D eigenvalue weighted by Gasteiger charge is -2.16. The molecule has 4 rings (SSSR count). The van der Waals surface area contributed by atoms with Gasteiger partial charge >= 0.3 is 0 Å². The van der Waals surface area contributed by atoms with Crippen LogP contribution in [0.5, 0.6) is 11.5 Å². The molecule has 134 valence electrons. The molecule has 2 aromatic carbocycles. The van der Waals surface area contributed by atoms with E-state index in [0.29, 0.717) is 11.3 Å². The highest BCUT2D eigenvalue weighted by Gasteiger charge is 2.26. The summed E-state index contributed by atoms with van der Waals surface area (Å²) < 4.78 is 12.8. The number of rotatable bonds is 4. The molecule has 3 aromatic rings. The Hall–Kier alpha value is -2.95. The first-order chi connectivity index (χ1) is 12.6. The molecule has 1 aromatic heterocycles. The van der Waals surface area contributed by atoms with E-state index in [4.69, 9.17) is 9.47 Å². The number of methoxy groups -OCH3 is 2. The van der Waals surface area contributed by atoms with Crippen LogP contribution in [0.4, 0.5) is 0 Å². The first-order valence-corrected chi connectivity index (χ1v) is 8.71. The number of amides is 1. The zero-order valence-electron chi connectivity index (χ0n) is 15.2. The Morgan fingerprint density at radius 3 is 2.65 bits per heavy atom. The molecule has 5 heteroatoms. The molecule has 0 saturated carbocycles. The molecule has 1 aliphatic rings. The third kappa shape index (κ3) is 2.69. The van der Waals surface area contributed by atoms with E-state index in [1.54, 1.807) is 14.2 Å². The molecular weight excluding hydrogens is 328 g/mol. The summed E-state index contributed by atoms with van der Waals surface area (Å²) >= 11 is 0. The van der Waals surface area contributed by atoms with E-state index < -0.39 is 0 Å². The van der Waals surface area contributed by atoms with Crippen LogP contribution in [-0.4, -0.2) is 24.7 Å². The molecule has 0 aliphatic heterocycles. The molecule has 1 N–H and O–H groups in total. The van der Waals surface area contributed by atoms with Crippen LogP contribution in [0.2, 0.25) is 0 Å². The van der Waals surface area contributed by atoms with E-state index in [-0.39, 0.29) is 11.9 Å². The summed E-state index contributed by atoms with van der Waals surface area (Å²) in [5.41, 5.74) is 4.10. The van der Waals surface area contributed by atoms with Crippen molar-refractivity contribution < 1.29 is 14.3 Å². The molecule has 26 heavy (non-hydrogen) atoms. The van der Waals surface area contributed by atoms with E-state index in [2.05, 4.69) is 5.32 Å². The van der Waals surface area contributed by atoms with Crippen molar-refractivity contribution >= 4 is 16.8 Å². The second kappa shape index (κ2) is 6.41. The molecule has 1 heterocycles. The fraction of sp³-hybridized carbons (Fsp3) is 0.286. The lowest BCUT2D eigenvalue weighted by Crippen LogP contribution is -2.27. The van der Waals surface area contributed by atoms with Gasteiger partial charge in [-0.3, -0.25) is 4.79 Å². The quantitative estimate of drug-likeness (QED) is 0.782. The Labute approximate surface area is 152 Å². The fourth-order valence-electron chi connectivity index (χ4n) is 3.75. The smallest absolute Gasteiger partial charge is 0.251 e. The monoisotopic (exact) mass is 350 g/mol. The number of benzene rings is 2. The fourth-order valence-corrected chi connectivity index (χ4v) is 3.75. The van der Waals surface area contributed by atoms with Gasteiger partial charge in [-0.05, 0) is 60.4 Å². The molecule has 1 amide bonds. The number of carbonyl (C=O) groups is 1. The average Bonchev–Trinajstić information content (AvgIpc) is 3.23. The Kier molecular flexibility index (Phi) is 4.07. The Balaban J connectivity index is 1.59. The lowest BCUT2D eigenvalue weighted by molar-refractivity contribution is 0.0937. The van der Waals surface area contributed by atoms with Crippen LogP contribution < -0.4 is 14.8 Å². The van der Waals surface area contributed by atoms with Crippen LogP contribution in [0, 0.1) is 0 Å². The highest BCUT2D eigenvalue weighted by Crippen LogP contribution is 2.39. The van der Waals surface area contributed by atoms with Crippen LogP contribution in [-0.2, 0) is 13.5 Å². The van der Waals surface area contributed by atoms with Gasteiger partial charge in [0, 0.05) is 29.7 Å². The van der Waals surface area contributed by atoms with Gasteiger partial charge in [-0.1, -0.05) is 0 Å². The van der Waals surface area contributed by atoms with Gasteiger partial charge in [0.1, 0.15) is 0 Å². The Morgan fingerprint density at radius 1 is 1.12 bits per heavy atom. The maximum Gasteiger partial charge on any atom is 0.251 e. The predicted molar refractivity (Wildman–Crippen MR) is 101 cm³/mol. The summed E-state index contributed by atoms with van der Waals surface area (Å²) in [7, 11) is 5.26. The largest absolute Gasteiger partial charge is 0.493 e. The minimum Gasteiger partial charge on any atom is -0.493 e. The number of nitrogens with one attached hydrogen (secondary N) is 1. The average molecular weight is 350 g/mol. The first kappa shape index (κ1) is 16.5. The first-order valence-electron chi connectivity index (χ1n) is 8.71. The minimum atomic E-state index is -0.0524. The van der Waals surface area contributed by atoms with Crippen LogP contribution in [0.3, 0.4) is 0 Å². The summed E-state index contributed by atoms with van der Waals surface area (Å²) in [6.07, 6.45) is 3.79. The number of ether oxygens (including phenoxy) is 2. The van der Waals surface area contributed by atoms with Gasteiger partial charge in [-0.2, -0.15) is 0 Å². The van der Waals surface area contributed by atoms with Gasteiger partial charge in [0.25, 0.3) is 5.91 Å². The topological polar surface area (TPSA) is 52.5 Å². The van der Waals surface area contributed by atoms with Gasteiger partial charge in [0.15, 0.2) is 11.5 Å². The van der Waals surface area contributed by atoms with Crippen molar-refractivity contribution in [1.29, 1.82) is 0 Å². The van der Waals surface area contributed by atoms with Crippen molar-refractivity contribution in [2.75, 3.05) is 14.2 Å². The van der Waals surface area contributed by atoms with Gasteiger partial charge in [0.05, 0.1) is 20.3 Å². The van der Waals surface area contributed by atoms with Crippen LogP contribution >= 0.6 is 0 Å². The SMILES string of the molecule is COc1cc2c(cc1OC)C(NC(=O)c1ccc3c(ccn3C)c1)CC2. The standard InChI is InChI=1S/C21H22N2O3/c1-23-9-8-14-10-15(5-7-18(14)23)21(24)22-17-6-4-13-11-19(25-2)20(26-3)12-16(13)17/h5,7-12,17H,4,6H2,1-3H3,(H,22,24). The second-order valence-corrected chi connectivity index (χ2v) is 6.67. The third-order valence-electron chi connectivity index (χ3n) is 5.18. The van der Waals surface area contributed by atoms with E-state index in [1.807, 2.05) is 54.2 Å². The molecule has 0 bridgehead atoms. The van der Waals surface area contributed by atoms with E-state index in [1.165, 1.54) is 5.56 Å². The molecule has 0 saturated heterocycles. The zero-order chi connectivity index (χ0) is 18.3. The molecule has 5 nitrogen and oxygen atoms in total. The number of fused-ring (bicyclic) bond motifs is 2. The van der Waals surface area contributed by atoms with Crippen molar-refractivity contribution in [1.82, 2.24) is 9.88 Å². The van der Waals surface area contributed by atoms with Gasteiger partial charge in [-0.25, -0.2) is 0 Å². The summed E-state index contributed by atoms with van der Waals surface area (Å²) in [4.78, 5) is 12.8. The van der Waals surface area contributed by atoms with Crippen molar-refractivity contribution in [3.8, 4) is 11.5 Å². The molecule has 0 fully saturated rings. The van der Waals surface area contributed by atoms with Crippen LogP contribution in [0.1, 0.15) is 33.9 Å². The maximum absolute atomic E-state index is 12.8. The predicted octanol–water partition coefficient (Wildman–Crippen LogP) is 3.61. The summed E-state index contributed by atoms with van der Waals surface area (Å²) in [5, 5.41) is 4.24. The van der Waals surface area contributed by atoms with Crippen molar-refractivity contribution in [2.24, 2.45) is 7.05 Å². The number of nitrogens with zero attached hydrogens (tertiary/aromatic N) is 1. The highest BCUT2D eigenvalue weighted by molar-refractivity contribution is 5.98. The summed E-state index contributed by atoms with van der Waals surface area (Å²) in [6, 6.07) is 11.8. The van der Waals surface area contributed by atoms with Gasteiger partial charge < -0.3 is 19.4 Å². The lowest BCUT2D eigenvalue weighted by atomic mass is 10.1. The van der Waals surface area contributed by atoms with Gasteiger partial charge in [0.2, 0.25) is 0 Å². The molecule has 1 aliphatic carbocycles. The Bertz CT molecular complexity index is 990. The number of hydrogen-bond acceptors (Lipinski definition) is 3. The Morgan fingerprint density at radius 2 is 1.88 bits per heavy atom. The normalized spacial score (nSPS) is 15.7. The van der Waals surface area contributed by atoms with E-state index in [9.17, 15) is 4.79 Å². The molecule has 0 spiro atoms. The summed E-state index contributed by atoms with van der Waals surface area (Å²) in [5.74, 6) is 1.37. The van der Waals surface area contributed by atoms with Crippen LogP contribution in [0.25, 0.3) is 10.9 Å². The summed E-state index contributed by atoms with van der Waals surface area (Å²) in [6.45, 7) is 0. The van der Waals surface area contributed by atoms with Crippen molar-refractivity contribution in [3.05, 3.63) is 59.3 Å². The van der Waals surface area contributed by atoms with Crippen molar-refractivity contribution in [3.63, 3.8) is 0 Å². The second-order valence-electron chi connectivity index (χ2n) is 6.67.